The third-order valence-corrected chi connectivity index (χ3v) is 8.06. The van der Waals surface area contributed by atoms with E-state index >= 15 is 0 Å². The standard InChI is InChI=1S/C30H38F3N3O2/c1-2-28(35-24-6-4-3-5-7-24)22-9-12-26(13-10-22)38-19-16-29(37)14-17-36(18-15-29)25-11-8-23(21-34)27(20-25)30(31,32)33/h8-13,20,24,28,35,37H,2-7,14-19H2,1H3. The maximum Gasteiger partial charge on any atom is 0.417 e. The molecular formula is C30H38F3N3O2. The fourth-order valence-electron chi connectivity index (χ4n) is 5.65. The van der Waals surface area contributed by atoms with E-state index < -0.39 is 17.3 Å². The Kier molecular flexibility index (Phi) is 9.22. The number of nitriles is 1. The molecule has 1 saturated carbocycles. The van der Waals surface area contributed by atoms with Crippen LogP contribution in [-0.2, 0) is 6.18 Å². The highest BCUT2D eigenvalue weighted by Gasteiger charge is 2.36. The second-order valence-corrected chi connectivity index (χ2v) is 10.7. The zero-order valence-corrected chi connectivity index (χ0v) is 22.1. The van der Waals surface area contributed by atoms with Crippen molar-refractivity contribution in [3.05, 3.63) is 59.2 Å². The predicted molar refractivity (Wildman–Crippen MR) is 142 cm³/mol. The summed E-state index contributed by atoms with van der Waals surface area (Å²) in [6.45, 7) is 3.43. The molecular weight excluding hydrogens is 491 g/mol. The van der Waals surface area contributed by atoms with E-state index in [1.54, 1.807) is 12.1 Å². The predicted octanol–water partition coefficient (Wildman–Crippen LogP) is 6.75. The van der Waals surface area contributed by atoms with Gasteiger partial charge in [-0.15, -0.1) is 0 Å². The van der Waals surface area contributed by atoms with E-state index in [2.05, 4.69) is 24.4 Å². The third kappa shape index (κ3) is 7.21. The van der Waals surface area contributed by atoms with Gasteiger partial charge in [0.1, 0.15) is 5.75 Å². The van der Waals surface area contributed by atoms with Crippen LogP contribution in [0.4, 0.5) is 18.9 Å². The van der Waals surface area contributed by atoms with Crippen LogP contribution in [-0.4, -0.2) is 36.4 Å². The fourth-order valence-corrected chi connectivity index (χ4v) is 5.65. The van der Waals surface area contributed by atoms with Crippen molar-refractivity contribution < 1.29 is 23.0 Å². The van der Waals surface area contributed by atoms with Gasteiger partial charge in [0.05, 0.1) is 29.4 Å². The highest BCUT2D eigenvalue weighted by Crippen LogP contribution is 2.36. The molecule has 1 atom stereocenters. The van der Waals surface area contributed by atoms with Crippen LogP contribution >= 0.6 is 0 Å². The van der Waals surface area contributed by atoms with E-state index in [1.807, 2.05) is 17.0 Å². The summed E-state index contributed by atoms with van der Waals surface area (Å²) in [4.78, 5) is 1.83. The molecule has 2 aromatic rings. The number of aliphatic hydroxyl groups is 1. The lowest BCUT2D eigenvalue weighted by Crippen LogP contribution is -2.45. The molecule has 0 amide bonds. The van der Waals surface area contributed by atoms with Gasteiger partial charge in [0.2, 0.25) is 0 Å². The highest BCUT2D eigenvalue weighted by molar-refractivity contribution is 5.55. The van der Waals surface area contributed by atoms with Crippen molar-refractivity contribution in [2.24, 2.45) is 0 Å². The van der Waals surface area contributed by atoms with Crippen LogP contribution in [0.3, 0.4) is 0 Å². The smallest absolute Gasteiger partial charge is 0.417 e. The maximum absolute atomic E-state index is 13.3. The summed E-state index contributed by atoms with van der Waals surface area (Å²) in [7, 11) is 0. The first-order chi connectivity index (χ1) is 18.2. The number of benzene rings is 2. The summed E-state index contributed by atoms with van der Waals surface area (Å²) in [5, 5.41) is 23.9. The lowest BCUT2D eigenvalue weighted by molar-refractivity contribution is -0.137. The Hall–Kier alpha value is -2.76. The number of rotatable bonds is 9. The SMILES string of the molecule is CCC(NC1CCCCC1)c1ccc(OCCC2(O)CCN(c3ccc(C#N)c(C(F)(F)F)c3)CC2)cc1. The molecule has 8 heteroatoms. The van der Waals surface area contributed by atoms with E-state index in [1.165, 1.54) is 43.7 Å². The first-order valence-corrected chi connectivity index (χ1v) is 13.8. The molecule has 0 spiro atoms. The number of hydrogen-bond donors (Lipinski definition) is 2. The number of nitrogens with zero attached hydrogens (tertiary/aromatic N) is 2. The van der Waals surface area contributed by atoms with Crippen LogP contribution < -0.4 is 15.0 Å². The van der Waals surface area contributed by atoms with Crippen LogP contribution in [0.2, 0.25) is 0 Å². The highest BCUT2D eigenvalue weighted by atomic mass is 19.4. The normalized spacial score (nSPS) is 19.1. The summed E-state index contributed by atoms with van der Waals surface area (Å²) in [5.74, 6) is 0.763. The number of alkyl halides is 3. The Bertz CT molecular complexity index is 1080. The molecule has 1 saturated heterocycles. The summed E-state index contributed by atoms with van der Waals surface area (Å²) >= 11 is 0. The van der Waals surface area contributed by atoms with Gasteiger partial charge in [-0.25, -0.2) is 0 Å². The number of halogens is 3. The lowest BCUT2D eigenvalue weighted by Gasteiger charge is -2.39. The molecule has 4 rings (SSSR count). The van der Waals surface area contributed by atoms with Crippen molar-refractivity contribution in [2.75, 3.05) is 24.6 Å². The molecule has 2 aliphatic rings. The summed E-state index contributed by atoms with van der Waals surface area (Å²) < 4.78 is 45.9. The Labute approximate surface area is 223 Å². The average Bonchev–Trinajstić information content (AvgIpc) is 2.92. The van der Waals surface area contributed by atoms with Gasteiger partial charge in [0.25, 0.3) is 0 Å². The van der Waals surface area contributed by atoms with E-state index in [0.29, 0.717) is 56.7 Å². The van der Waals surface area contributed by atoms with Gasteiger partial charge in [-0.2, -0.15) is 18.4 Å². The monoisotopic (exact) mass is 529 g/mol. The Morgan fingerprint density at radius 2 is 1.79 bits per heavy atom. The average molecular weight is 530 g/mol. The molecule has 38 heavy (non-hydrogen) atoms. The second-order valence-electron chi connectivity index (χ2n) is 10.7. The van der Waals surface area contributed by atoms with Crippen molar-refractivity contribution in [1.29, 1.82) is 5.26 Å². The van der Waals surface area contributed by atoms with Crippen molar-refractivity contribution >= 4 is 5.69 Å². The number of anilines is 1. The summed E-state index contributed by atoms with van der Waals surface area (Å²) in [5.41, 5.74) is -0.558. The van der Waals surface area contributed by atoms with Crippen LogP contribution in [0.5, 0.6) is 5.75 Å². The third-order valence-electron chi connectivity index (χ3n) is 8.06. The molecule has 2 N–H and O–H groups in total. The zero-order valence-electron chi connectivity index (χ0n) is 22.1. The summed E-state index contributed by atoms with van der Waals surface area (Å²) in [6, 6.07) is 14.5. The van der Waals surface area contributed by atoms with E-state index in [9.17, 15) is 18.3 Å². The van der Waals surface area contributed by atoms with Gasteiger partial charge in [-0.3, -0.25) is 0 Å². The second kappa shape index (κ2) is 12.4. The number of nitrogens with one attached hydrogen (secondary N) is 1. The Morgan fingerprint density at radius 3 is 2.39 bits per heavy atom. The van der Waals surface area contributed by atoms with E-state index in [0.717, 1.165) is 18.2 Å². The Balaban J connectivity index is 1.26. The van der Waals surface area contributed by atoms with Crippen molar-refractivity contribution in [3.8, 4) is 11.8 Å². The zero-order chi connectivity index (χ0) is 27.2. The molecule has 1 unspecified atom stereocenters. The van der Waals surface area contributed by atoms with E-state index in [4.69, 9.17) is 10.00 Å². The van der Waals surface area contributed by atoms with Crippen LogP contribution in [0.1, 0.15) is 87.4 Å². The largest absolute Gasteiger partial charge is 0.493 e. The van der Waals surface area contributed by atoms with Gasteiger partial charge in [-0.1, -0.05) is 38.3 Å². The first kappa shape index (κ1) is 28.3. The minimum Gasteiger partial charge on any atom is -0.493 e. The molecule has 0 aromatic heterocycles. The Morgan fingerprint density at radius 1 is 1.11 bits per heavy atom. The first-order valence-electron chi connectivity index (χ1n) is 13.8. The summed E-state index contributed by atoms with van der Waals surface area (Å²) in [6.07, 6.45) is 4.21. The van der Waals surface area contributed by atoms with Crippen molar-refractivity contribution in [1.82, 2.24) is 5.32 Å². The molecule has 206 valence electrons. The minimum absolute atomic E-state index is 0.335. The van der Waals surface area contributed by atoms with Gasteiger partial charge in [0.15, 0.2) is 0 Å². The number of ether oxygens (including phenoxy) is 1. The molecule has 5 nitrogen and oxygen atoms in total. The van der Waals surface area contributed by atoms with Crippen molar-refractivity contribution in [3.63, 3.8) is 0 Å². The molecule has 2 fully saturated rings. The molecule has 1 heterocycles. The van der Waals surface area contributed by atoms with Gasteiger partial charge in [-0.05, 0) is 68.0 Å². The van der Waals surface area contributed by atoms with Gasteiger partial charge < -0.3 is 20.1 Å². The van der Waals surface area contributed by atoms with Crippen LogP contribution in [0.25, 0.3) is 0 Å². The molecule has 0 bridgehead atoms. The van der Waals surface area contributed by atoms with Crippen LogP contribution in [0, 0.1) is 11.3 Å². The number of piperidine rings is 1. The van der Waals surface area contributed by atoms with Gasteiger partial charge in [0, 0.05) is 37.3 Å². The quantitative estimate of drug-likeness (QED) is 0.376. The fraction of sp³-hybridized carbons (Fsp3) is 0.567. The lowest BCUT2D eigenvalue weighted by atomic mass is 9.88. The van der Waals surface area contributed by atoms with Crippen molar-refractivity contribution in [2.45, 2.75) is 88.6 Å². The topological polar surface area (TPSA) is 68.5 Å². The maximum atomic E-state index is 13.3. The molecule has 1 aliphatic heterocycles. The molecule has 1 aliphatic carbocycles. The van der Waals surface area contributed by atoms with Crippen LogP contribution in [0.15, 0.2) is 42.5 Å². The van der Waals surface area contributed by atoms with E-state index in [-0.39, 0.29) is 5.56 Å². The minimum atomic E-state index is -4.59. The van der Waals surface area contributed by atoms with Gasteiger partial charge >= 0.3 is 6.18 Å². The molecule has 0 radical (unpaired) electrons. The number of hydrogen-bond acceptors (Lipinski definition) is 5. The molecule has 2 aromatic carbocycles.